The van der Waals surface area contributed by atoms with Crippen LogP contribution in [0.2, 0.25) is 5.02 Å². The molecule has 0 heterocycles. The fraction of sp³-hybridized carbons (Fsp3) is 0.278. The highest BCUT2D eigenvalue weighted by atomic mass is 35.5. The lowest BCUT2D eigenvalue weighted by Crippen LogP contribution is -2.28. The average molecular weight is 413 g/mol. The first-order valence-corrected chi connectivity index (χ1v) is 10.2. The van der Waals surface area contributed by atoms with Crippen LogP contribution < -0.4 is 14.8 Å². The van der Waals surface area contributed by atoms with Crippen LogP contribution in [0.1, 0.15) is 18.4 Å². The summed E-state index contributed by atoms with van der Waals surface area (Å²) in [5, 5.41) is 2.58. The standard InChI is InChI=1S/C18H18ClFN2O4S/c19-16-9-14(5-8-17(16)20)26-11-18(23)21-10-12-1-6-15(7-2-12)27(24,25)22-13-3-4-13/h1-2,5-9,13,22H,3-4,10-11H2,(H,21,23). The van der Waals surface area contributed by atoms with E-state index in [2.05, 4.69) is 10.0 Å². The normalized spacial score (nSPS) is 14.0. The third kappa shape index (κ3) is 5.66. The SMILES string of the molecule is O=C(COc1ccc(F)c(Cl)c1)NCc1ccc(S(=O)(=O)NC2CC2)cc1. The predicted molar refractivity (Wildman–Crippen MR) is 98.5 cm³/mol. The molecule has 6 nitrogen and oxygen atoms in total. The van der Waals surface area contributed by atoms with Crippen LogP contribution in [0.5, 0.6) is 5.75 Å². The van der Waals surface area contributed by atoms with Gasteiger partial charge in [-0.2, -0.15) is 0 Å². The molecule has 2 aromatic carbocycles. The van der Waals surface area contributed by atoms with Crippen LogP contribution in [-0.4, -0.2) is 27.0 Å². The molecule has 1 amide bonds. The van der Waals surface area contributed by atoms with Gasteiger partial charge in [0.2, 0.25) is 10.0 Å². The topological polar surface area (TPSA) is 84.5 Å². The van der Waals surface area contributed by atoms with E-state index in [1.807, 2.05) is 0 Å². The summed E-state index contributed by atoms with van der Waals surface area (Å²) in [5.41, 5.74) is 0.749. The van der Waals surface area contributed by atoms with E-state index >= 15 is 0 Å². The van der Waals surface area contributed by atoms with Crippen LogP contribution in [0.3, 0.4) is 0 Å². The van der Waals surface area contributed by atoms with E-state index in [0.717, 1.165) is 24.5 Å². The second kappa shape index (κ2) is 8.24. The molecular weight excluding hydrogens is 395 g/mol. The lowest BCUT2D eigenvalue weighted by molar-refractivity contribution is -0.123. The van der Waals surface area contributed by atoms with Crippen molar-refractivity contribution in [2.75, 3.05) is 6.61 Å². The Bertz CT molecular complexity index is 931. The third-order valence-electron chi connectivity index (χ3n) is 3.88. The maximum absolute atomic E-state index is 13.1. The molecule has 0 atom stereocenters. The minimum atomic E-state index is -3.49. The molecule has 0 saturated heterocycles. The van der Waals surface area contributed by atoms with E-state index in [1.165, 1.54) is 24.3 Å². The van der Waals surface area contributed by atoms with Crippen LogP contribution in [0.15, 0.2) is 47.4 Å². The minimum absolute atomic E-state index is 0.0463. The lowest BCUT2D eigenvalue weighted by Gasteiger charge is -2.09. The number of sulfonamides is 1. The number of hydrogen-bond acceptors (Lipinski definition) is 4. The molecule has 0 unspecified atom stereocenters. The van der Waals surface area contributed by atoms with Crippen molar-refractivity contribution in [1.29, 1.82) is 0 Å². The van der Waals surface area contributed by atoms with E-state index in [9.17, 15) is 17.6 Å². The van der Waals surface area contributed by atoms with E-state index in [-0.39, 0.29) is 40.8 Å². The number of halogens is 2. The Kier molecular flexibility index (Phi) is 5.98. The Morgan fingerprint density at radius 1 is 1.19 bits per heavy atom. The first-order chi connectivity index (χ1) is 12.8. The van der Waals surface area contributed by atoms with Gasteiger partial charge in [0.25, 0.3) is 5.91 Å². The van der Waals surface area contributed by atoms with E-state index in [4.69, 9.17) is 16.3 Å². The van der Waals surface area contributed by atoms with Gasteiger partial charge in [-0.1, -0.05) is 23.7 Å². The number of benzene rings is 2. The van der Waals surface area contributed by atoms with Crippen LogP contribution in [0.25, 0.3) is 0 Å². The van der Waals surface area contributed by atoms with Gasteiger partial charge in [-0.05, 0) is 42.7 Å². The number of carbonyl (C=O) groups is 1. The Morgan fingerprint density at radius 3 is 2.52 bits per heavy atom. The Morgan fingerprint density at radius 2 is 1.89 bits per heavy atom. The highest BCUT2D eigenvalue weighted by molar-refractivity contribution is 7.89. The summed E-state index contributed by atoms with van der Waals surface area (Å²) in [5.74, 6) is -0.650. The van der Waals surface area contributed by atoms with E-state index in [1.54, 1.807) is 12.1 Å². The van der Waals surface area contributed by atoms with Crippen molar-refractivity contribution in [1.82, 2.24) is 10.0 Å². The number of ether oxygens (including phenoxy) is 1. The predicted octanol–water partition coefficient (Wildman–Crippen LogP) is 2.62. The summed E-state index contributed by atoms with van der Waals surface area (Å²) in [6.45, 7) is -0.0253. The largest absolute Gasteiger partial charge is 0.484 e. The second-order valence-corrected chi connectivity index (χ2v) is 8.30. The van der Waals surface area contributed by atoms with Crippen LogP contribution in [-0.2, 0) is 21.4 Å². The number of amides is 1. The zero-order valence-corrected chi connectivity index (χ0v) is 15.8. The lowest BCUT2D eigenvalue weighted by atomic mass is 10.2. The zero-order chi connectivity index (χ0) is 19.4. The summed E-state index contributed by atoms with van der Waals surface area (Å²) < 4.78 is 45.1. The maximum atomic E-state index is 13.1. The molecule has 9 heteroatoms. The summed E-state index contributed by atoms with van der Waals surface area (Å²) >= 11 is 5.64. The van der Waals surface area contributed by atoms with E-state index < -0.39 is 15.8 Å². The van der Waals surface area contributed by atoms with Crippen LogP contribution in [0.4, 0.5) is 4.39 Å². The maximum Gasteiger partial charge on any atom is 0.258 e. The van der Waals surface area contributed by atoms with Gasteiger partial charge in [-0.25, -0.2) is 17.5 Å². The molecule has 1 aliphatic carbocycles. The molecule has 27 heavy (non-hydrogen) atoms. The Hall–Kier alpha value is -2.16. The van der Waals surface area contributed by atoms with Crippen LogP contribution >= 0.6 is 11.6 Å². The van der Waals surface area contributed by atoms with Gasteiger partial charge < -0.3 is 10.1 Å². The molecule has 1 saturated carbocycles. The molecule has 2 N–H and O–H groups in total. The van der Waals surface area contributed by atoms with E-state index in [0.29, 0.717) is 0 Å². The molecule has 0 bridgehead atoms. The summed E-state index contributed by atoms with van der Waals surface area (Å²) in [4.78, 5) is 12.0. The molecule has 1 fully saturated rings. The van der Waals surface area contributed by atoms with Crippen LogP contribution in [0, 0.1) is 5.82 Å². The molecule has 2 aromatic rings. The number of rotatable bonds is 8. The smallest absolute Gasteiger partial charge is 0.258 e. The van der Waals surface area contributed by atoms with Gasteiger partial charge in [0.1, 0.15) is 11.6 Å². The van der Waals surface area contributed by atoms with Gasteiger partial charge >= 0.3 is 0 Å². The molecule has 0 aliphatic heterocycles. The molecular formula is C18H18ClFN2O4S. The molecule has 0 spiro atoms. The fourth-order valence-electron chi connectivity index (χ4n) is 2.24. The van der Waals surface area contributed by atoms with Gasteiger partial charge in [0.05, 0.1) is 9.92 Å². The summed E-state index contributed by atoms with van der Waals surface area (Å²) in [7, 11) is -3.49. The molecule has 1 aliphatic rings. The van der Waals surface area contributed by atoms with Crippen molar-refractivity contribution >= 4 is 27.5 Å². The number of nitrogens with one attached hydrogen (secondary N) is 2. The highest BCUT2D eigenvalue weighted by Crippen LogP contribution is 2.22. The third-order valence-corrected chi connectivity index (χ3v) is 5.71. The van der Waals surface area contributed by atoms with Crippen molar-refractivity contribution in [2.45, 2.75) is 30.3 Å². The molecule has 0 aromatic heterocycles. The summed E-state index contributed by atoms with van der Waals surface area (Å²) in [6.07, 6.45) is 1.74. The fourth-order valence-corrected chi connectivity index (χ4v) is 3.72. The second-order valence-electron chi connectivity index (χ2n) is 6.18. The molecule has 3 rings (SSSR count). The van der Waals surface area contributed by atoms with Crippen molar-refractivity contribution in [3.05, 3.63) is 58.9 Å². The van der Waals surface area contributed by atoms with Crippen molar-refractivity contribution in [3.63, 3.8) is 0 Å². The monoisotopic (exact) mass is 412 g/mol. The van der Waals surface area contributed by atoms with Crippen molar-refractivity contribution in [2.24, 2.45) is 0 Å². The average Bonchev–Trinajstić information content (AvgIpc) is 3.44. The highest BCUT2D eigenvalue weighted by Gasteiger charge is 2.27. The molecule has 144 valence electrons. The van der Waals surface area contributed by atoms with Crippen molar-refractivity contribution < 1.29 is 22.3 Å². The van der Waals surface area contributed by atoms with Gasteiger partial charge in [-0.15, -0.1) is 0 Å². The molecule has 0 radical (unpaired) electrons. The Labute approximate surface area is 161 Å². The minimum Gasteiger partial charge on any atom is -0.484 e. The van der Waals surface area contributed by atoms with Crippen molar-refractivity contribution in [3.8, 4) is 5.75 Å². The van der Waals surface area contributed by atoms with Gasteiger partial charge in [-0.3, -0.25) is 4.79 Å². The zero-order valence-electron chi connectivity index (χ0n) is 14.2. The Balaban J connectivity index is 1.47. The first-order valence-electron chi connectivity index (χ1n) is 8.29. The quantitative estimate of drug-likeness (QED) is 0.698. The van der Waals surface area contributed by atoms with Gasteiger partial charge in [0.15, 0.2) is 6.61 Å². The number of carbonyl (C=O) groups excluding carboxylic acids is 1. The summed E-state index contributed by atoms with van der Waals surface area (Å²) in [6, 6.07) is 10.2. The first kappa shape index (κ1) is 19.6. The number of hydrogen-bond donors (Lipinski definition) is 2. The van der Waals surface area contributed by atoms with Gasteiger partial charge in [0, 0.05) is 18.7 Å².